The largest absolute Gasteiger partial charge is 0.497 e. The van der Waals surface area contributed by atoms with E-state index in [0.717, 1.165) is 29.7 Å². The summed E-state index contributed by atoms with van der Waals surface area (Å²) in [5.41, 5.74) is 2.15. The fourth-order valence-corrected chi connectivity index (χ4v) is 5.95. The molecule has 0 radical (unpaired) electrons. The Balaban J connectivity index is 1.11. The summed E-state index contributed by atoms with van der Waals surface area (Å²) in [6.45, 7) is 2.48. The van der Waals surface area contributed by atoms with Gasteiger partial charge >= 0.3 is 0 Å². The van der Waals surface area contributed by atoms with Crippen molar-refractivity contribution < 1.29 is 19.1 Å². The number of likely N-dealkylation sites (N-methyl/N-ethyl adjacent to an activating group) is 1. The van der Waals surface area contributed by atoms with E-state index >= 15 is 0 Å². The zero-order valence-electron chi connectivity index (χ0n) is 27.5. The number of carbonyl (C=O) groups is 2. The molecule has 5 aromatic rings. The molecule has 2 amide bonds. The van der Waals surface area contributed by atoms with Crippen molar-refractivity contribution in [3.05, 3.63) is 96.5 Å². The molecule has 2 aliphatic rings. The SMILES string of the molecule is COc1ccc(Cn2nc(NC3CCN(C(=O)C=CCN(C)C4CC4)C3)c3c(Oc4ccc(C(=O)Nc5ncc[nH]5)cc4)ccnc32)cc1. The van der Waals surface area contributed by atoms with Gasteiger partial charge in [-0.2, -0.15) is 5.10 Å². The lowest BCUT2D eigenvalue weighted by Gasteiger charge is -2.16. The number of likely N-dealkylation sites (tertiary alicyclic amines) is 1. The summed E-state index contributed by atoms with van der Waals surface area (Å²) in [6, 6.07) is 17.2. The fraction of sp³-hybridized carbons (Fsp3) is 0.306. The second-order valence-corrected chi connectivity index (χ2v) is 12.4. The zero-order valence-corrected chi connectivity index (χ0v) is 27.5. The Kier molecular flexibility index (Phi) is 9.24. The number of aromatic nitrogens is 5. The molecule has 1 aliphatic carbocycles. The predicted molar refractivity (Wildman–Crippen MR) is 186 cm³/mol. The van der Waals surface area contributed by atoms with E-state index in [1.54, 1.807) is 62.1 Å². The number of benzene rings is 2. The third-order valence-electron chi connectivity index (χ3n) is 8.83. The second kappa shape index (κ2) is 14.2. The number of H-pyrrole nitrogens is 1. The van der Waals surface area contributed by atoms with Crippen LogP contribution in [0.2, 0.25) is 0 Å². The lowest BCUT2D eigenvalue weighted by Crippen LogP contribution is -2.30. The number of hydrogen-bond acceptors (Lipinski definition) is 9. The molecule has 13 heteroatoms. The van der Waals surface area contributed by atoms with Gasteiger partial charge in [-0.15, -0.1) is 0 Å². The molecule has 4 heterocycles. The van der Waals surface area contributed by atoms with Crippen LogP contribution in [0.5, 0.6) is 17.2 Å². The average Bonchev–Trinajstić information content (AvgIpc) is 3.47. The molecular formula is C36H39N9O4. The van der Waals surface area contributed by atoms with Crippen LogP contribution in [0.15, 0.2) is 85.3 Å². The highest BCUT2D eigenvalue weighted by atomic mass is 16.5. The summed E-state index contributed by atoms with van der Waals surface area (Å²) < 4.78 is 13.6. The highest BCUT2D eigenvalue weighted by molar-refractivity contribution is 6.03. The van der Waals surface area contributed by atoms with Crippen molar-refractivity contribution in [2.24, 2.45) is 0 Å². The van der Waals surface area contributed by atoms with E-state index in [9.17, 15) is 9.59 Å². The molecule has 2 fully saturated rings. The van der Waals surface area contributed by atoms with Crippen molar-refractivity contribution in [2.45, 2.75) is 37.9 Å². The highest BCUT2D eigenvalue weighted by Crippen LogP contribution is 2.35. The molecule has 13 nitrogen and oxygen atoms in total. The molecular weight excluding hydrogens is 622 g/mol. The van der Waals surface area contributed by atoms with Crippen molar-refractivity contribution in [2.75, 3.05) is 44.4 Å². The summed E-state index contributed by atoms with van der Waals surface area (Å²) in [5.74, 6) is 2.63. The molecule has 1 aliphatic heterocycles. The predicted octanol–water partition coefficient (Wildman–Crippen LogP) is 4.92. The van der Waals surface area contributed by atoms with Gasteiger partial charge in [0.25, 0.3) is 5.91 Å². The van der Waals surface area contributed by atoms with Gasteiger partial charge in [0.1, 0.15) is 22.6 Å². The van der Waals surface area contributed by atoms with Gasteiger partial charge in [0.05, 0.1) is 13.7 Å². The minimum atomic E-state index is -0.288. The van der Waals surface area contributed by atoms with Gasteiger partial charge in [0.2, 0.25) is 11.9 Å². The van der Waals surface area contributed by atoms with Crippen molar-refractivity contribution in [3.63, 3.8) is 0 Å². The first-order valence-corrected chi connectivity index (χ1v) is 16.4. The minimum Gasteiger partial charge on any atom is -0.497 e. The molecule has 2 aromatic carbocycles. The molecule has 3 N–H and O–H groups in total. The summed E-state index contributed by atoms with van der Waals surface area (Å²) in [6.07, 6.45) is 11.8. The first kappa shape index (κ1) is 31.9. The number of pyridine rings is 1. The fourth-order valence-electron chi connectivity index (χ4n) is 5.95. The molecule has 1 saturated carbocycles. The molecule has 0 spiro atoms. The minimum absolute atomic E-state index is 0.000891. The normalized spacial score (nSPS) is 16.1. The van der Waals surface area contributed by atoms with Crippen molar-refractivity contribution in [3.8, 4) is 17.2 Å². The molecule has 49 heavy (non-hydrogen) atoms. The monoisotopic (exact) mass is 661 g/mol. The quantitative estimate of drug-likeness (QED) is 0.150. The first-order valence-electron chi connectivity index (χ1n) is 16.4. The standard InChI is InChI=1S/C36H39N9O4/c1-43(27-9-10-27)20-3-4-31(46)44-21-16-26(23-44)40-33-32-30(49-29-13-7-25(8-14-29)35(47)41-36-38-18-19-39-36)15-17-37-34(32)45(42-33)22-24-5-11-28(48-2)12-6-24/h3-8,11-15,17-19,26-27H,9-10,16,20-23H2,1-2H3,(H,40,42)(H2,38,39,41,47). The molecule has 1 saturated heterocycles. The third kappa shape index (κ3) is 7.57. The number of nitrogens with zero attached hydrogens (tertiary/aromatic N) is 6. The van der Waals surface area contributed by atoms with E-state index in [2.05, 4.69) is 32.5 Å². The number of nitrogens with one attached hydrogen (secondary N) is 3. The Morgan fingerprint density at radius 2 is 1.82 bits per heavy atom. The Bertz CT molecular complexity index is 1930. The Hall–Kier alpha value is -5.69. The van der Waals surface area contributed by atoms with Gasteiger partial charge < -0.3 is 24.7 Å². The maximum absolute atomic E-state index is 13.0. The van der Waals surface area contributed by atoms with Crippen LogP contribution in [0.1, 0.15) is 35.2 Å². The topological polar surface area (TPSA) is 143 Å². The van der Waals surface area contributed by atoms with E-state index < -0.39 is 0 Å². The second-order valence-electron chi connectivity index (χ2n) is 12.4. The number of hydrogen-bond donors (Lipinski definition) is 3. The lowest BCUT2D eigenvalue weighted by molar-refractivity contribution is -0.125. The molecule has 7 rings (SSSR count). The van der Waals surface area contributed by atoms with E-state index in [1.807, 2.05) is 39.9 Å². The van der Waals surface area contributed by atoms with E-state index in [0.29, 0.717) is 60.2 Å². The molecule has 1 atom stereocenters. The molecule has 1 unspecified atom stereocenters. The Morgan fingerprint density at radius 3 is 2.55 bits per heavy atom. The summed E-state index contributed by atoms with van der Waals surface area (Å²) in [5, 5.41) is 12.0. The summed E-state index contributed by atoms with van der Waals surface area (Å²) in [7, 11) is 3.75. The number of carbonyl (C=O) groups excluding carboxylic acids is 2. The van der Waals surface area contributed by atoms with Gasteiger partial charge in [-0.05, 0) is 68.3 Å². The van der Waals surface area contributed by atoms with Crippen LogP contribution in [0.3, 0.4) is 0 Å². The van der Waals surface area contributed by atoms with Gasteiger partial charge in [-0.25, -0.2) is 14.6 Å². The van der Waals surface area contributed by atoms with Crippen molar-refractivity contribution >= 4 is 34.6 Å². The average molecular weight is 662 g/mol. The number of fused-ring (bicyclic) bond motifs is 1. The van der Waals surface area contributed by atoms with E-state index in [4.69, 9.17) is 19.6 Å². The van der Waals surface area contributed by atoms with Gasteiger partial charge in [-0.1, -0.05) is 18.2 Å². The van der Waals surface area contributed by atoms with Crippen LogP contribution in [-0.4, -0.2) is 92.2 Å². The maximum Gasteiger partial charge on any atom is 0.257 e. The van der Waals surface area contributed by atoms with E-state index in [-0.39, 0.29) is 17.9 Å². The van der Waals surface area contributed by atoms with Crippen LogP contribution >= 0.6 is 0 Å². The molecule has 0 bridgehead atoms. The Morgan fingerprint density at radius 1 is 1.02 bits per heavy atom. The van der Waals surface area contributed by atoms with Crippen molar-refractivity contribution in [1.82, 2.24) is 34.5 Å². The van der Waals surface area contributed by atoms with Crippen LogP contribution in [0, 0.1) is 0 Å². The van der Waals surface area contributed by atoms with E-state index in [1.165, 1.54) is 12.8 Å². The van der Waals surface area contributed by atoms with Gasteiger partial charge in [0.15, 0.2) is 11.5 Å². The lowest BCUT2D eigenvalue weighted by atomic mass is 10.2. The summed E-state index contributed by atoms with van der Waals surface area (Å²) >= 11 is 0. The first-order chi connectivity index (χ1) is 23.9. The number of rotatable bonds is 13. The number of anilines is 2. The molecule has 252 valence electrons. The molecule has 3 aromatic heterocycles. The van der Waals surface area contributed by atoms with Crippen molar-refractivity contribution in [1.29, 1.82) is 0 Å². The van der Waals surface area contributed by atoms with Gasteiger partial charge in [-0.3, -0.25) is 19.8 Å². The number of imidazole rings is 1. The zero-order chi connectivity index (χ0) is 33.7. The van der Waals surface area contributed by atoms with Gasteiger partial charge in [0, 0.05) is 68.0 Å². The Labute approximate surface area is 283 Å². The number of methoxy groups -OCH3 is 1. The maximum atomic E-state index is 13.0. The number of ether oxygens (including phenoxy) is 2. The smallest absolute Gasteiger partial charge is 0.257 e. The number of amides is 2. The number of aromatic amines is 1. The van der Waals surface area contributed by atoms with Crippen LogP contribution in [0.4, 0.5) is 11.8 Å². The van der Waals surface area contributed by atoms with Crippen LogP contribution < -0.4 is 20.1 Å². The van der Waals surface area contributed by atoms with Crippen LogP contribution in [0.25, 0.3) is 11.0 Å². The highest BCUT2D eigenvalue weighted by Gasteiger charge is 2.28. The third-order valence-corrected chi connectivity index (χ3v) is 8.83. The summed E-state index contributed by atoms with van der Waals surface area (Å²) in [4.78, 5) is 41.4. The van der Waals surface area contributed by atoms with Crippen LogP contribution in [-0.2, 0) is 11.3 Å².